The maximum atomic E-state index is 12.2. The standard InChI is InChI=1S/C19H20N4O/c1-14-7-8-16(12-20)19(21-14)22-17-11-18(24)23(13-17)10-9-15-5-3-2-4-6-15/h2-8,17H,9-11,13H2,1H3,(H,21,22). The van der Waals surface area contributed by atoms with E-state index in [-0.39, 0.29) is 11.9 Å². The van der Waals surface area contributed by atoms with E-state index < -0.39 is 0 Å². The van der Waals surface area contributed by atoms with Crippen molar-refractivity contribution in [3.05, 3.63) is 59.3 Å². The fourth-order valence-corrected chi connectivity index (χ4v) is 2.94. The molecule has 1 fully saturated rings. The number of carbonyl (C=O) groups is 1. The third kappa shape index (κ3) is 3.72. The Hall–Kier alpha value is -2.87. The van der Waals surface area contributed by atoms with Gasteiger partial charge in [-0.25, -0.2) is 4.98 Å². The van der Waals surface area contributed by atoms with Crippen LogP contribution in [0.3, 0.4) is 0 Å². The van der Waals surface area contributed by atoms with Crippen molar-refractivity contribution in [2.75, 3.05) is 18.4 Å². The van der Waals surface area contributed by atoms with Gasteiger partial charge < -0.3 is 10.2 Å². The smallest absolute Gasteiger partial charge is 0.224 e. The number of hydrogen-bond donors (Lipinski definition) is 1. The summed E-state index contributed by atoms with van der Waals surface area (Å²) in [5.74, 6) is 0.717. The van der Waals surface area contributed by atoms with Crippen LogP contribution in [0.5, 0.6) is 0 Å². The number of likely N-dealkylation sites (tertiary alicyclic amines) is 1. The zero-order valence-corrected chi connectivity index (χ0v) is 13.7. The molecule has 122 valence electrons. The maximum Gasteiger partial charge on any atom is 0.224 e. The van der Waals surface area contributed by atoms with Crippen molar-refractivity contribution in [2.45, 2.75) is 25.8 Å². The molecule has 1 aliphatic heterocycles. The van der Waals surface area contributed by atoms with E-state index in [9.17, 15) is 10.1 Å². The minimum atomic E-state index is -0.00493. The van der Waals surface area contributed by atoms with Gasteiger partial charge in [0, 0.05) is 25.2 Å². The molecule has 24 heavy (non-hydrogen) atoms. The summed E-state index contributed by atoms with van der Waals surface area (Å²) in [5.41, 5.74) is 2.59. The van der Waals surface area contributed by atoms with Gasteiger partial charge in [-0.15, -0.1) is 0 Å². The second-order valence-corrected chi connectivity index (χ2v) is 6.08. The molecule has 0 spiro atoms. The molecule has 2 aromatic rings. The van der Waals surface area contributed by atoms with Crippen LogP contribution in [-0.2, 0) is 11.2 Å². The lowest BCUT2D eigenvalue weighted by atomic mass is 10.1. The van der Waals surface area contributed by atoms with E-state index in [2.05, 4.69) is 28.5 Å². The molecule has 1 aromatic heterocycles. The minimum absolute atomic E-state index is 0.00493. The normalized spacial score (nSPS) is 16.9. The molecular weight excluding hydrogens is 300 g/mol. The van der Waals surface area contributed by atoms with Crippen molar-refractivity contribution >= 4 is 11.7 Å². The SMILES string of the molecule is Cc1ccc(C#N)c(NC2CC(=O)N(CCc3ccccc3)C2)n1. The Bertz CT molecular complexity index is 767. The number of aryl methyl sites for hydroxylation is 1. The molecule has 5 nitrogen and oxygen atoms in total. The quantitative estimate of drug-likeness (QED) is 0.919. The molecule has 1 saturated heterocycles. The average Bonchev–Trinajstić information content (AvgIpc) is 2.93. The van der Waals surface area contributed by atoms with Crippen molar-refractivity contribution in [3.63, 3.8) is 0 Å². The lowest BCUT2D eigenvalue weighted by molar-refractivity contribution is -0.127. The number of benzene rings is 1. The molecular formula is C19H20N4O. The Morgan fingerprint density at radius 1 is 1.29 bits per heavy atom. The highest BCUT2D eigenvalue weighted by molar-refractivity contribution is 5.80. The lowest BCUT2D eigenvalue weighted by Crippen LogP contribution is -2.30. The summed E-state index contributed by atoms with van der Waals surface area (Å²) in [6.45, 7) is 3.25. The zero-order chi connectivity index (χ0) is 16.9. The summed E-state index contributed by atoms with van der Waals surface area (Å²) in [7, 11) is 0. The first-order chi connectivity index (χ1) is 11.7. The van der Waals surface area contributed by atoms with Crippen LogP contribution in [0.2, 0.25) is 0 Å². The largest absolute Gasteiger partial charge is 0.364 e. The predicted molar refractivity (Wildman–Crippen MR) is 92.4 cm³/mol. The van der Waals surface area contributed by atoms with Crippen molar-refractivity contribution < 1.29 is 4.79 Å². The minimum Gasteiger partial charge on any atom is -0.364 e. The molecule has 1 atom stereocenters. The molecule has 0 aliphatic carbocycles. The van der Waals surface area contributed by atoms with E-state index in [4.69, 9.17) is 0 Å². The van der Waals surface area contributed by atoms with Gasteiger partial charge in [-0.2, -0.15) is 5.26 Å². The van der Waals surface area contributed by atoms with Crippen molar-refractivity contribution in [3.8, 4) is 6.07 Å². The van der Waals surface area contributed by atoms with Crippen LogP contribution in [0.4, 0.5) is 5.82 Å². The summed E-state index contributed by atoms with van der Waals surface area (Å²) in [4.78, 5) is 18.5. The fourth-order valence-electron chi connectivity index (χ4n) is 2.94. The molecule has 1 N–H and O–H groups in total. The van der Waals surface area contributed by atoms with Crippen molar-refractivity contribution in [2.24, 2.45) is 0 Å². The van der Waals surface area contributed by atoms with Crippen molar-refractivity contribution in [1.82, 2.24) is 9.88 Å². The first-order valence-corrected chi connectivity index (χ1v) is 8.11. The van der Waals surface area contributed by atoms with E-state index in [1.807, 2.05) is 36.1 Å². The fraction of sp³-hybridized carbons (Fsp3) is 0.316. The van der Waals surface area contributed by atoms with Gasteiger partial charge >= 0.3 is 0 Å². The van der Waals surface area contributed by atoms with E-state index >= 15 is 0 Å². The van der Waals surface area contributed by atoms with Gasteiger partial charge in [0.1, 0.15) is 11.9 Å². The second kappa shape index (κ2) is 7.14. The number of aromatic nitrogens is 1. The monoisotopic (exact) mass is 320 g/mol. The lowest BCUT2D eigenvalue weighted by Gasteiger charge is -2.18. The topological polar surface area (TPSA) is 69.0 Å². The molecule has 2 heterocycles. The number of nitrogens with zero attached hydrogens (tertiary/aromatic N) is 3. The van der Waals surface area contributed by atoms with E-state index in [1.165, 1.54) is 5.56 Å². The van der Waals surface area contributed by atoms with Crippen LogP contribution < -0.4 is 5.32 Å². The Labute approximate surface area is 141 Å². The zero-order valence-electron chi connectivity index (χ0n) is 13.7. The molecule has 0 radical (unpaired) electrons. The van der Waals surface area contributed by atoms with Crippen LogP contribution in [0, 0.1) is 18.3 Å². The van der Waals surface area contributed by atoms with Crippen LogP contribution >= 0.6 is 0 Å². The number of amides is 1. The first-order valence-electron chi connectivity index (χ1n) is 8.11. The molecule has 0 bridgehead atoms. The van der Waals surface area contributed by atoms with Gasteiger partial charge in [-0.1, -0.05) is 30.3 Å². The summed E-state index contributed by atoms with van der Waals surface area (Å²) >= 11 is 0. The number of carbonyl (C=O) groups excluding carboxylic acids is 1. The molecule has 1 unspecified atom stereocenters. The van der Waals surface area contributed by atoms with E-state index in [0.29, 0.717) is 30.9 Å². The number of anilines is 1. The number of nitrogens with one attached hydrogen (secondary N) is 1. The van der Waals surface area contributed by atoms with Crippen LogP contribution in [-0.4, -0.2) is 34.9 Å². The number of pyridine rings is 1. The molecule has 5 heteroatoms. The maximum absolute atomic E-state index is 12.2. The Balaban J connectivity index is 1.61. The third-order valence-electron chi connectivity index (χ3n) is 4.22. The van der Waals surface area contributed by atoms with Crippen molar-refractivity contribution in [1.29, 1.82) is 5.26 Å². The second-order valence-electron chi connectivity index (χ2n) is 6.08. The Morgan fingerprint density at radius 2 is 2.08 bits per heavy atom. The predicted octanol–water partition coefficient (Wildman–Crippen LogP) is 2.52. The summed E-state index contributed by atoms with van der Waals surface area (Å²) in [5, 5.41) is 12.5. The number of hydrogen-bond acceptors (Lipinski definition) is 4. The molecule has 3 rings (SSSR count). The van der Waals surface area contributed by atoms with Crippen LogP contribution in [0.25, 0.3) is 0 Å². The van der Waals surface area contributed by atoms with Crippen LogP contribution in [0.1, 0.15) is 23.2 Å². The Morgan fingerprint density at radius 3 is 2.83 bits per heavy atom. The number of nitriles is 1. The highest BCUT2D eigenvalue weighted by Crippen LogP contribution is 2.19. The highest BCUT2D eigenvalue weighted by atomic mass is 16.2. The molecule has 1 aromatic carbocycles. The van der Waals surface area contributed by atoms with E-state index in [0.717, 1.165) is 12.1 Å². The molecule has 0 saturated carbocycles. The summed E-state index contributed by atoms with van der Waals surface area (Å²) in [6.07, 6.45) is 1.29. The molecule has 1 amide bonds. The van der Waals surface area contributed by atoms with Gasteiger partial charge in [0.15, 0.2) is 0 Å². The number of rotatable bonds is 5. The van der Waals surface area contributed by atoms with Gasteiger partial charge in [0.2, 0.25) is 5.91 Å². The molecule has 1 aliphatic rings. The van der Waals surface area contributed by atoms with E-state index in [1.54, 1.807) is 6.07 Å². The Kier molecular flexibility index (Phi) is 4.76. The van der Waals surface area contributed by atoms with Gasteiger partial charge in [-0.3, -0.25) is 4.79 Å². The summed E-state index contributed by atoms with van der Waals surface area (Å²) in [6, 6.07) is 15.9. The van der Waals surface area contributed by atoms with Gasteiger partial charge in [0.25, 0.3) is 0 Å². The first kappa shape index (κ1) is 16.0. The third-order valence-corrected chi connectivity index (χ3v) is 4.22. The van der Waals surface area contributed by atoms with Gasteiger partial charge in [-0.05, 0) is 31.0 Å². The van der Waals surface area contributed by atoms with Gasteiger partial charge in [0.05, 0.1) is 11.6 Å². The van der Waals surface area contributed by atoms with Crippen LogP contribution in [0.15, 0.2) is 42.5 Å². The average molecular weight is 320 g/mol. The summed E-state index contributed by atoms with van der Waals surface area (Å²) < 4.78 is 0. The highest BCUT2D eigenvalue weighted by Gasteiger charge is 2.29.